The summed E-state index contributed by atoms with van der Waals surface area (Å²) in [6, 6.07) is 3.61. The summed E-state index contributed by atoms with van der Waals surface area (Å²) in [5.74, 6) is 0.545. The van der Waals surface area contributed by atoms with Gasteiger partial charge in [0.2, 0.25) is 0 Å². The van der Waals surface area contributed by atoms with E-state index in [9.17, 15) is 0 Å². The maximum atomic E-state index is 8.82. The second-order valence-corrected chi connectivity index (χ2v) is 3.49. The van der Waals surface area contributed by atoms with Gasteiger partial charge in [-0.05, 0) is 6.07 Å². The largest absolute Gasteiger partial charge is 0.395 e. The Hall–Kier alpha value is -2.55. The second-order valence-electron chi connectivity index (χ2n) is 3.49. The fourth-order valence-corrected chi connectivity index (χ4v) is 1.45. The zero-order valence-corrected chi connectivity index (χ0v) is 9.14. The average molecular weight is 228 g/mol. The molecule has 2 rings (SSSR count). The maximum Gasteiger partial charge on any atom is 0.150 e. The van der Waals surface area contributed by atoms with E-state index in [4.69, 9.17) is 11.0 Å². The number of rotatable bonds is 4. The van der Waals surface area contributed by atoms with Gasteiger partial charge >= 0.3 is 0 Å². The predicted octanol–water partition coefficient (Wildman–Crippen LogP) is 0.913. The Morgan fingerprint density at radius 1 is 1.53 bits per heavy atom. The molecule has 0 amide bonds. The van der Waals surface area contributed by atoms with E-state index in [1.165, 1.54) is 0 Å². The summed E-state index contributed by atoms with van der Waals surface area (Å²) >= 11 is 0. The molecule has 17 heavy (non-hydrogen) atoms. The highest BCUT2D eigenvalue weighted by molar-refractivity contribution is 5.68. The highest BCUT2D eigenvalue weighted by atomic mass is 15.0. The molecule has 0 spiro atoms. The van der Waals surface area contributed by atoms with Gasteiger partial charge in [-0.2, -0.15) is 5.26 Å². The molecule has 2 heterocycles. The van der Waals surface area contributed by atoms with Gasteiger partial charge in [-0.3, -0.25) is 0 Å². The van der Waals surface area contributed by atoms with Crippen LogP contribution in [0.4, 0.5) is 11.5 Å². The average Bonchev–Trinajstić information content (AvgIpc) is 2.84. The number of hydrogen-bond acceptors (Lipinski definition) is 5. The van der Waals surface area contributed by atoms with Crippen LogP contribution in [0.15, 0.2) is 24.8 Å². The molecule has 86 valence electrons. The molecule has 0 aliphatic heterocycles. The van der Waals surface area contributed by atoms with Gasteiger partial charge in [0.25, 0.3) is 0 Å². The first-order valence-electron chi connectivity index (χ1n) is 5.17. The van der Waals surface area contributed by atoms with Crippen LogP contribution in [0, 0.1) is 11.3 Å². The predicted molar refractivity (Wildman–Crippen MR) is 64.1 cm³/mol. The molecule has 0 saturated carbocycles. The number of nitriles is 1. The van der Waals surface area contributed by atoms with Gasteiger partial charge in [-0.15, -0.1) is 0 Å². The number of H-pyrrole nitrogens is 1. The number of imidazole rings is 1. The number of nitrogens with zero attached hydrogens (tertiary/aromatic N) is 3. The van der Waals surface area contributed by atoms with Crippen LogP contribution in [0.2, 0.25) is 0 Å². The fraction of sp³-hybridized carbons (Fsp3) is 0.182. The Morgan fingerprint density at radius 3 is 3.12 bits per heavy atom. The van der Waals surface area contributed by atoms with Crippen molar-refractivity contribution in [3.8, 4) is 6.07 Å². The number of aromatic amines is 1. The highest BCUT2D eigenvalue weighted by Gasteiger charge is 2.05. The van der Waals surface area contributed by atoms with Crippen molar-refractivity contribution < 1.29 is 0 Å². The number of aromatic nitrogens is 3. The van der Waals surface area contributed by atoms with Gasteiger partial charge < -0.3 is 16.0 Å². The summed E-state index contributed by atoms with van der Waals surface area (Å²) in [7, 11) is 0. The van der Waals surface area contributed by atoms with Crippen molar-refractivity contribution in [2.24, 2.45) is 0 Å². The lowest BCUT2D eigenvalue weighted by molar-refractivity contribution is 0.968. The van der Waals surface area contributed by atoms with Crippen molar-refractivity contribution in [2.75, 3.05) is 17.6 Å². The van der Waals surface area contributed by atoms with Crippen molar-refractivity contribution in [3.05, 3.63) is 36.0 Å². The Morgan fingerprint density at radius 2 is 2.41 bits per heavy atom. The van der Waals surface area contributed by atoms with Gasteiger partial charge in [0.1, 0.15) is 6.07 Å². The number of nitrogens with two attached hydrogens (primary N) is 1. The quantitative estimate of drug-likeness (QED) is 0.721. The molecule has 6 heteroatoms. The monoisotopic (exact) mass is 228 g/mol. The molecule has 0 saturated heterocycles. The third-order valence-electron chi connectivity index (χ3n) is 2.35. The molecule has 0 fully saturated rings. The first-order chi connectivity index (χ1) is 8.31. The summed E-state index contributed by atoms with van der Waals surface area (Å²) in [6.07, 6.45) is 5.76. The minimum Gasteiger partial charge on any atom is -0.395 e. The molecule has 0 bridgehead atoms. The summed E-state index contributed by atoms with van der Waals surface area (Å²) in [5, 5.41) is 11.9. The second kappa shape index (κ2) is 4.99. The third kappa shape index (κ3) is 2.52. The van der Waals surface area contributed by atoms with E-state index < -0.39 is 0 Å². The molecular formula is C11H12N6. The van der Waals surface area contributed by atoms with Crippen LogP contribution in [0.5, 0.6) is 0 Å². The molecule has 0 aromatic carbocycles. The minimum atomic E-state index is 0.389. The zero-order valence-electron chi connectivity index (χ0n) is 9.14. The van der Waals surface area contributed by atoms with Crippen LogP contribution in [0.1, 0.15) is 11.3 Å². The topological polar surface area (TPSA) is 103 Å². The molecule has 0 aliphatic carbocycles. The summed E-state index contributed by atoms with van der Waals surface area (Å²) < 4.78 is 0. The number of nitrogen functional groups attached to an aromatic ring is 1. The Kier molecular flexibility index (Phi) is 3.21. The van der Waals surface area contributed by atoms with Crippen LogP contribution >= 0.6 is 0 Å². The molecule has 4 N–H and O–H groups in total. The Bertz CT molecular complexity index is 525. The van der Waals surface area contributed by atoms with Crippen molar-refractivity contribution in [1.82, 2.24) is 15.0 Å². The van der Waals surface area contributed by atoms with Crippen LogP contribution in [0.25, 0.3) is 0 Å². The molecule has 2 aromatic rings. The smallest absolute Gasteiger partial charge is 0.150 e. The van der Waals surface area contributed by atoms with Gasteiger partial charge in [-0.1, -0.05) is 0 Å². The number of nitrogens with one attached hydrogen (secondary N) is 2. The lowest BCUT2D eigenvalue weighted by Crippen LogP contribution is -2.09. The van der Waals surface area contributed by atoms with Gasteiger partial charge in [0, 0.05) is 31.1 Å². The van der Waals surface area contributed by atoms with Crippen molar-refractivity contribution in [3.63, 3.8) is 0 Å². The van der Waals surface area contributed by atoms with E-state index in [2.05, 4.69) is 20.3 Å². The van der Waals surface area contributed by atoms with Gasteiger partial charge in [0.15, 0.2) is 5.82 Å². The van der Waals surface area contributed by atoms with Crippen LogP contribution in [0.3, 0.4) is 0 Å². The minimum absolute atomic E-state index is 0.389. The first kappa shape index (κ1) is 11.0. The van der Waals surface area contributed by atoms with Crippen LogP contribution in [-0.4, -0.2) is 21.5 Å². The van der Waals surface area contributed by atoms with E-state index in [1.807, 2.05) is 6.07 Å². The Labute approximate surface area is 98.5 Å². The normalized spacial score (nSPS) is 9.82. The molecule has 0 atom stereocenters. The lowest BCUT2D eigenvalue weighted by Gasteiger charge is -2.07. The highest BCUT2D eigenvalue weighted by Crippen LogP contribution is 2.18. The van der Waals surface area contributed by atoms with Crippen molar-refractivity contribution in [1.29, 1.82) is 5.26 Å². The Balaban J connectivity index is 1.98. The van der Waals surface area contributed by atoms with Crippen LogP contribution in [-0.2, 0) is 6.42 Å². The first-order valence-corrected chi connectivity index (χ1v) is 5.17. The molecule has 0 aliphatic rings. The maximum absolute atomic E-state index is 8.82. The van der Waals surface area contributed by atoms with Gasteiger partial charge in [-0.25, -0.2) is 9.97 Å². The third-order valence-corrected chi connectivity index (χ3v) is 2.35. The van der Waals surface area contributed by atoms with E-state index in [-0.39, 0.29) is 0 Å². The van der Waals surface area contributed by atoms with E-state index >= 15 is 0 Å². The van der Waals surface area contributed by atoms with Crippen LogP contribution < -0.4 is 11.1 Å². The lowest BCUT2D eigenvalue weighted by atomic mass is 10.2. The zero-order chi connectivity index (χ0) is 12.1. The number of hydrogen-bond donors (Lipinski definition) is 3. The van der Waals surface area contributed by atoms with Gasteiger partial charge in [0.05, 0.1) is 17.6 Å². The molecule has 6 nitrogen and oxygen atoms in total. The standard InChI is InChI=1S/C11H12N6/c12-5-8-1-3-15-11(10(8)13)16-4-2-9-6-14-7-17-9/h1,3,6-7H,2,4,13H2,(H,14,17)(H,15,16). The fourth-order valence-electron chi connectivity index (χ4n) is 1.45. The number of anilines is 2. The van der Waals surface area contributed by atoms with E-state index in [1.54, 1.807) is 24.8 Å². The van der Waals surface area contributed by atoms with Crippen molar-refractivity contribution >= 4 is 11.5 Å². The number of pyridine rings is 1. The molecule has 0 radical (unpaired) electrons. The molecule has 0 unspecified atom stereocenters. The van der Waals surface area contributed by atoms with E-state index in [0.717, 1.165) is 12.1 Å². The summed E-state index contributed by atoms with van der Waals surface area (Å²) in [5.41, 5.74) is 7.64. The SMILES string of the molecule is N#Cc1ccnc(NCCc2cnc[nH]2)c1N. The molecule has 2 aromatic heterocycles. The summed E-state index contributed by atoms with van der Waals surface area (Å²) in [6.45, 7) is 0.675. The molecular weight excluding hydrogens is 216 g/mol. The van der Waals surface area contributed by atoms with E-state index in [0.29, 0.717) is 23.6 Å². The summed E-state index contributed by atoms with van der Waals surface area (Å²) in [4.78, 5) is 11.0. The van der Waals surface area contributed by atoms with Crippen molar-refractivity contribution in [2.45, 2.75) is 6.42 Å².